The summed E-state index contributed by atoms with van der Waals surface area (Å²) < 4.78 is 1.69. The van der Waals surface area contributed by atoms with E-state index in [9.17, 15) is 5.11 Å². The summed E-state index contributed by atoms with van der Waals surface area (Å²) in [5, 5.41) is 9.48. The molecule has 0 saturated heterocycles. The van der Waals surface area contributed by atoms with Crippen LogP contribution >= 0.6 is 45.2 Å². The summed E-state index contributed by atoms with van der Waals surface area (Å²) in [6, 6.07) is 0. The maximum Gasteiger partial charge on any atom is 0.139 e. The van der Waals surface area contributed by atoms with Crippen LogP contribution in [0.25, 0.3) is 0 Å². The van der Waals surface area contributed by atoms with Gasteiger partial charge in [-0.2, -0.15) is 0 Å². The number of hydrogen-bond acceptors (Lipinski definition) is 2. The molecule has 0 aliphatic heterocycles. The van der Waals surface area contributed by atoms with E-state index in [2.05, 4.69) is 22.6 Å². The Balaban J connectivity index is 4.75. The molecular weight excluding hydrogens is 368 g/mol. The summed E-state index contributed by atoms with van der Waals surface area (Å²) in [7, 11) is 0. The van der Waals surface area contributed by atoms with Gasteiger partial charge in [-0.3, -0.25) is 0 Å². The Hall–Kier alpha value is 0.540. The lowest BCUT2D eigenvalue weighted by atomic mass is 10.3. The minimum Gasteiger partial charge on any atom is -0.506 e. The molecule has 0 radical (unpaired) electrons. The largest absolute Gasteiger partial charge is 0.506 e. The van der Waals surface area contributed by atoms with Crippen molar-refractivity contribution in [2.75, 3.05) is 0 Å². The van der Waals surface area contributed by atoms with Crippen LogP contribution in [0.1, 0.15) is 20.3 Å². The number of nitrogens with two attached hydrogens (primary N) is 1. The Kier molecular flexibility index (Phi) is 5.49. The summed E-state index contributed by atoms with van der Waals surface area (Å²) in [5.74, 6) is 0.314. The summed E-state index contributed by atoms with van der Waals surface area (Å²) in [6.07, 6.45) is 0.839. The van der Waals surface area contributed by atoms with Gasteiger partial charge in [0.05, 0.1) is 3.58 Å². The molecule has 11 heavy (non-hydrogen) atoms. The molecule has 0 heterocycles. The van der Waals surface area contributed by atoms with Gasteiger partial charge in [0.25, 0.3) is 0 Å². The van der Waals surface area contributed by atoms with E-state index in [1.54, 1.807) is 6.92 Å². The van der Waals surface area contributed by atoms with Gasteiger partial charge >= 0.3 is 0 Å². The van der Waals surface area contributed by atoms with Crippen molar-refractivity contribution in [3.63, 3.8) is 0 Å². The van der Waals surface area contributed by atoms with Crippen molar-refractivity contribution in [2.24, 2.45) is 5.73 Å². The van der Waals surface area contributed by atoms with Crippen LogP contribution in [-0.4, -0.2) is 5.11 Å². The Labute approximate surface area is 94.2 Å². The molecule has 0 atom stereocenters. The van der Waals surface area contributed by atoms with Crippen molar-refractivity contribution in [1.29, 1.82) is 0 Å². The van der Waals surface area contributed by atoms with Gasteiger partial charge in [0.1, 0.15) is 5.76 Å². The minimum atomic E-state index is 0.314. The van der Waals surface area contributed by atoms with Crippen LogP contribution in [0.4, 0.5) is 0 Å². The Morgan fingerprint density at radius 2 is 1.91 bits per heavy atom. The van der Waals surface area contributed by atoms with Crippen molar-refractivity contribution in [3.05, 3.63) is 18.6 Å². The highest BCUT2D eigenvalue weighted by atomic mass is 127. The first-order valence-electron chi connectivity index (χ1n) is 3.20. The molecule has 0 aromatic heterocycles. The molecule has 0 amide bonds. The number of rotatable bonds is 2. The molecule has 0 saturated carbocycles. The Morgan fingerprint density at radius 3 is 2.18 bits per heavy atom. The normalized spacial score (nSPS) is 15.6. The van der Waals surface area contributed by atoms with Crippen molar-refractivity contribution in [2.45, 2.75) is 20.3 Å². The summed E-state index contributed by atoms with van der Waals surface area (Å²) in [6.45, 7) is 3.77. The molecule has 0 spiro atoms. The lowest BCUT2D eigenvalue weighted by Gasteiger charge is -2.02. The van der Waals surface area contributed by atoms with Gasteiger partial charge in [0, 0.05) is 9.28 Å². The number of halogens is 2. The van der Waals surface area contributed by atoms with Crippen molar-refractivity contribution < 1.29 is 5.11 Å². The van der Waals surface area contributed by atoms with E-state index in [-0.39, 0.29) is 0 Å². The van der Waals surface area contributed by atoms with Gasteiger partial charge in [-0.15, -0.1) is 0 Å². The summed E-state index contributed by atoms with van der Waals surface area (Å²) in [5.41, 5.74) is 6.16. The molecule has 0 aromatic rings. The first-order chi connectivity index (χ1) is 5.00. The fraction of sp³-hybridized carbons (Fsp3) is 0.429. The summed E-state index contributed by atoms with van der Waals surface area (Å²) >= 11 is 4.15. The average Bonchev–Trinajstić information content (AvgIpc) is 2.00. The maximum atomic E-state index is 9.48. The molecule has 0 unspecified atom stereocenters. The van der Waals surface area contributed by atoms with Crippen LogP contribution in [0.2, 0.25) is 0 Å². The van der Waals surface area contributed by atoms with Crippen LogP contribution in [0.3, 0.4) is 0 Å². The topological polar surface area (TPSA) is 46.2 Å². The summed E-state index contributed by atoms with van der Waals surface area (Å²) in [4.78, 5) is 0. The van der Waals surface area contributed by atoms with E-state index in [1.165, 1.54) is 0 Å². The smallest absolute Gasteiger partial charge is 0.139 e. The minimum absolute atomic E-state index is 0.314. The highest BCUT2D eigenvalue weighted by Crippen LogP contribution is 2.25. The fourth-order valence-corrected chi connectivity index (χ4v) is 1.58. The molecular formula is C7H11I2NO. The second-order valence-electron chi connectivity index (χ2n) is 2.10. The monoisotopic (exact) mass is 379 g/mol. The molecule has 0 aromatic carbocycles. The van der Waals surface area contributed by atoms with Crippen LogP contribution in [0, 0.1) is 0 Å². The molecule has 0 bridgehead atoms. The van der Waals surface area contributed by atoms with E-state index < -0.39 is 0 Å². The average molecular weight is 379 g/mol. The van der Waals surface area contributed by atoms with Crippen molar-refractivity contribution in [1.82, 2.24) is 0 Å². The van der Waals surface area contributed by atoms with E-state index >= 15 is 0 Å². The molecule has 0 aliphatic carbocycles. The number of allylic oxidation sites excluding steroid dienone is 3. The SMILES string of the molecule is CC/C(I)=C(O)\C(I)=C(\C)N. The van der Waals surface area contributed by atoms with Gasteiger partial charge in [-0.1, -0.05) is 6.92 Å². The molecule has 3 N–H and O–H groups in total. The van der Waals surface area contributed by atoms with Crippen LogP contribution in [-0.2, 0) is 0 Å². The number of aliphatic hydroxyl groups is 1. The van der Waals surface area contributed by atoms with E-state index in [1.807, 2.05) is 29.5 Å². The van der Waals surface area contributed by atoms with E-state index in [4.69, 9.17) is 5.73 Å². The number of aliphatic hydroxyl groups excluding tert-OH is 1. The van der Waals surface area contributed by atoms with Crippen LogP contribution in [0.15, 0.2) is 18.6 Å². The third kappa shape index (κ3) is 3.64. The third-order valence-electron chi connectivity index (χ3n) is 1.12. The van der Waals surface area contributed by atoms with Crippen molar-refractivity contribution in [3.8, 4) is 0 Å². The highest BCUT2D eigenvalue weighted by Gasteiger charge is 2.05. The first-order valence-corrected chi connectivity index (χ1v) is 5.36. The zero-order valence-electron chi connectivity index (χ0n) is 6.49. The van der Waals surface area contributed by atoms with Crippen molar-refractivity contribution >= 4 is 45.2 Å². The zero-order valence-corrected chi connectivity index (χ0v) is 10.8. The number of hydrogen-bond donors (Lipinski definition) is 2. The predicted octanol–water partition coefficient (Wildman–Crippen LogP) is 3.23. The maximum absolute atomic E-state index is 9.48. The van der Waals surface area contributed by atoms with Gasteiger partial charge in [-0.25, -0.2) is 0 Å². The molecule has 64 valence electrons. The first kappa shape index (κ1) is 11.5. The quantitative estimate of drug-likeness (QED) is 0.440. The van der Waals surface area contributed by atoms with Gasteiger partial charge in [-0.05, 0) is 58.5 Å². The Morgan fingerprint density at radius 1 is 1.45 bits per heavy atom. The third-order valence-corrected chi connectivity index (χ3v) is 3.76. The second kappa shape index (κ2) is 5.23. The second-order valence-corrected chi connectivity index (χ2v) is 4.48. The zero-order chi connectivity index (χ0) is 9.02. The van der Waals surface area contributed by atoms with Crippen LogP contribution in [0.5, 0.6) is 0 Å². The highest BCUT2D eigenvalue weighted by molar-refractivity contribution is 14.1. The Bertz CT molecular complexity index is 204. The molecule has 4 heteroatoms. The lowest BCUT2D eigenvalue weighted by Crippen LogP contribution is -1.96. The van der Waals surface area contributed by atoms with E-state index in [0.29, 0.717) is 11.5 Å². The fourth-order valence-electron chi connectivity index (χ4n) is 0.473. The van der Waals surface area contributed by atoms with Gasteiger partial charge in [0.15, 0.2) is 0 Å². The van der Waals surface area contributed by atoms with E-state index in [0.717, 1.165) is 13.6 Å². The van der Waals surface area contributed by atoms with Gasteiger partial charge < -0.3 is 10.8 Å². The van der Waals surface area contributed by atoms with Crippen LogP contribution < -0.4 is 5.73 Å². The molecule has 0 fully saturated rings. The van der Waals surface area contributed by atoms with Gasteiger partial charge in [0.2, 0.25) is 0 Å². The molecule has 2 nitrogen and oxygen atoms in total. The standard InChI is InChI=1S/C7H11I2NO/c1-3-5(8)7(11)6(9)4(2)10/h11H,3,10H2,1-2H3/b6-4+,7-5-. The molecule has 0 aliphatic rings. The lowest BCUT2D eigenvalue weighted by molar-refractivity contribution is 0.427. The predicted molar refractivity (Wildman–Crippen MR) is 64.9 cm³/mol. The molecule has 0 rings (SSSR count).